The van der Waals surface area contributed by atoms with Crippen molar-refractivity contribution in [2.75, 3.05) is 24.7 Å². The number of carbonyl (C=O) groups is 2. The molecular formula is C31H24ClN3O6S2. The lowest BCUT2D eigenvalue weighted by Gasteiger charge is -2.23. The summed E-state index contributed by atoms with van der Waals surface area (Å²) in [7, 11) is 0. The number of halogens is 1. The van der Waals surface area contributed by atoms with Gasteiger partial charge >= 0.3 is 5.91 Å². The maximum Gasteiger partial charge on any atom is 0.301 e. The van der Waals surface area contributed by atoms with E-state index < -0.39 is 17.7 Å². The number of Topliss-reactive ketones (excluding diaryl/α,β-unsaturated/α-hetero) is 1. The third-order valence-electron chi connectivity index (χ3n) is 6.70. The topological polar surface area (TPSA) is 111 Å². The second kappa shape index (κ2) is 12.5. The highest BCUT2D eigenvalue weighted by Gasteiger charge is 2.48. The molecule has 3 aromatic carbocycles. The van der Waals surface area contributed by atoms with E-state index in [1.54, 1.807) is 48.5 Å². The number of rotatable bonds is 9. The van der Waals surface area contributed by atoms with Gasteiger partial charge in [0.05, 0.1) is 11.6 Å². The fraction of sp³-hybridized carbons (Fsp3) is 0.161. The Bertz CT molecular complexity index is 1720. The summed E-state index contributed by atoms with van der Waals surface area (Å²) in [5.41, 5.74) is 1.86. The maximum atomic E-state index is 13.6. The summed E-state index contributed by atoms with van der Waals surface area (Å²) in [6.45, 7) is 4.76. The van der Waals surface area contributed by atoms with Gasteiger partial charge < -0.3 is 19.3 Å². The Hall–Kier alpha value is -4.32. The quantitative estimate of drug-likeness (QED) is 0.0555. The zero-order valence-electron chi connectivity index (χ0n) is 22.6. The number of amides is 1. The zero-order chi connectivity index (χ0) is 29.9. The Morgan fingerprint density at radius 2 is 1.81 bits per heavy atom. The van der Waals surface area contributed by atoms with Crippen molar-refractivity contribution in [3.63, 3.8) is 0 Å². The first kappa shape index (κ1) is 28.8. The van der Waals surface area contributed by atoms with Crippen molar-refractivity contribution in [1.29, 1.82) is 0 Å². The van der Waals surface area contributed by atoms with Crippen molar-refractivity contribution in [3.05, 3.63) is 107 Å². The van der Waals surface area contributed by atoms with Crippen molar-refractivity contribution in [2.24, 2.45) is 0 Å². The monoisotopic (exact) mass is 633 g/mol. The van der Waals surface area contributed by atoms with Crippen LogP contribution in [-0.2, 0) is 15.3 Å². The van der Waals surface area contributed by atoms with Crippen molar-refractivity contribution >= 4 is 57.3 Å². The van der Waals surface area contributed by atoms with Crippen LogP contribution in [0.5, 0.6) is 17.2 Å². The largest absolute Gasteiger partial charge is 0.507 e. The lowest BCUT2D eigenvalue weighted by atomic mass is 9.95. The van der Waals surface area contributed by atoms with Crippen LogP contribution in [0.4, 0.5) is 5.13 Å². The summed E-state index contributed by atoms with van der Waals surface area (Å²) in [4.78, 5) is 28.4. The molecule has 1 aromatic heterocycles. The molecule has 4 aromatic rings. The minimum atomic E-state index is -0.969. The molecule has 6 rings (SSSR count). The van der Waals surface area contributed by atoms with E-state index in [1.165, 1.54) is 28.0 Å². The second-order valence-corrected chi connectivity index (χ2v) is 12.1. The number of fused-ring (bicyclic) bond motifs is 1. The molecule has 12 heteroatoms. The van der Waals surface area contributed by atoms with Gasteiger partial charge in [-0.05, 0) is 53.6 Å². The van der Waals surface area contributed by atoms with Crippen LogP contribution < -0.4 is 19.1 Å². The molecule has 9 nitrogen and oxygen atoms in total. The first-order valence-electron chi connectivity index (χ1n) is 13.2. The van der Waals surface area contributed by atoms with Gasteiger partial charge in [0.15, 0.2) is 15.8 Å². The molecule has 0 spiro atoms. The molecule has 43 heavy (non-hydrogen) atoms. The van der Waals surface area contributed by atoms with Crippen LogP contribution in [0.25, 0.3) is 5.76 Å². The van der Waals surface area contributed by atoms with Gasteiger partial charge in [-0.3, -0.25) is 14.5 Å². The van der Waals surface area contributed by atoms with Gasteiger partial charge in [-0.15, -0.1) is 10.2 Å². The Morgan fingerprint density at radius 3 is 2.56 bits per heavy atom. The standard InChI is InChI=1S/C31H24ClN3O6S2/c1-2-13-39-22-10-5-19(6-11-22)26-25(27(36)20-7-12-23-24(16-20)41-15-14-40-23)28(37)29(38)35(26)30-33-34-31(43-30)42-17-18-3-8-21(32)9-4-18/h2-12,16,26,36H,1,13-15,17H2/b27-25+. The van der Waals surface area contributed by atoms with E-state index >= 15 is 0 Å². The van der Waals surface area contributed by atoms with Gasteiger partial charge in [0.25, 0.3) is 5.78 Å². The molecule has 1 atom stereocenters. The van der Waals surface area contributed by atoms with Crippen LogP contribution in [0.2, 0.25) is 5.02 Å². The molecule has 2 aliphatic heterocycles. The normalized spacial score (nSPS) is 17.2. The number of hydrogen-bond acceptors (Lipinski definition) is 10. The second-order valence-electron chi connectivity index (χ2n) is 9.46. The van der Waals surface area contributed by atoms with Gasteiger partial charge in [-0.25, -0.2) is 0 Å². The molecule has 0 aliphatic carbocycles. The van der Waals surface area contributed by atoms with Gasteiger partial charge in [0.1, 0.15) is 31.3 Å². The van der Waals surface area contributed by atoms with Crippen LogP contribution in [0.1, 0.15) is 22.7 Å². The highest BCUT2D eigenvalue weighted by atomic mass is 35.5. The number of thioether (sulfide) groups is 1. The summed E-state index contributed by atoms with van der Waals surface area (Å²) in [5, 5.41) is 20.9. The highest BCUT2D eigenvalue weighted by Crippen LogP contribution is 2.45. The number of ketones is 1. The number of carbonyl (C=O) groups excluding carboxylic acids is 2. The van der Waals surface area contributed by atoms with E-state index in [2.05, 4.69) is 16.8 Å². The van der Waals surface area contributed by atoms with Gasteiger partial charge in [-0.2, -0.15) is 0 Å². The van der Waals surface area contributed by atoms with E-state index in [0.717, 1.165) is 5.56 Å². The smallest absolute Gasteiger partial charge is 0.301 e. The van der Waals surface area contributed by atoms with Crippen molar-refractivity contribution < 1.29 is 28.9 Å². The number of benzene rings is 3. The summed E-state index contributed by atoms with van der Waals surface area (Å²) < 4.78 is 17.5. The van der Waals surface area contributed by atoms with E-state index in [0.29, 0.717) is 63.3 Å². The van der Waals surface area contributed by atoms with E-state index in [9.17, 15) is 14.7 Å². The lowest BCUT2D eigenvalue weighted by molar-refractivity contribution is -0.132. The zero-order valence-corrected chi connectivity index (χ0v) is 25.0. The van der Waals surface area contributed by atoms with Crippen LogP contribution >= 0.6 is 34.7 Å². The summed E-state index contributed by atoms with van der Waals surface area (Å²) in [6.07, 6.45) is 1.63. The molecule has 218 valence electrons. The summed E-state index contributed by atoms with van der Waals surface area (Å²) in [6, 6.07) is 18.4. The van der Waals surface area contributed by atoms with Crippen molar-refractivity contribution in [3.8, 4) is 17.2 Å². The predicted octanol–water partition coefficient (Wildman–Crippen LogP) is 6.45. The van der Waals surface area contributed by atoms with Gasteiger partial charge in [-0.1, -0.05) is 71.6 Å². The number of nitrogens with zero attached hydrogens (tertiary/aromatic N) is 3. The fourth-order valence-corrected chi connectivity index (χ4v) is 6.63. The van der Waals surface area contributed by atoms with E-state index in [4.69, 9.17) is 25.8 Å². The summed E-state index contributed by atoms with van der Waals surface area (Å²) in [5.74, 6) is 0.186. The predicted molar refractivity (Wildman–Crippen MR) is 165 cm³/mol. The molecule has 1 fully saturated rings. The van der Waals surface area contributed by atoms with Crippen LogP contribution in [0.3, 0.4) is 0 Å². The third-order valence-corrected chi connectivity index (χ3v) is 9.08. The average Bonchev–Trinajstić information content (AvgIpc) is 3.61. The average molecular weight is 634 g/mol. The van der Waals surface area contributed by atoms with Crippen LogP contribution in [0.15, 0.2) is 89.3 Å². The maximum absolute atomic E-state index is 13.6. The molecule has 0 radical (unpaired) electrons. The molecule has 1 amide bonds. The van der Waals surface area contributed by atoms with Gasteiger partial charge in [0, 0.05) is 16.3 Å². The van der Waals surface area contributed by atoms with Crippen LogP contribution in [0, 0.1) is 0 Å². The number of aliphatic hydroxyl groups excluding tert-OH is 1. The van der Waals surface area contributed by atoms with Crippen molar-refractivity contribution in [1.82, 2.24) is 10.2 Å². The first-order valence-corrected chi connectivity index (χ1v) is 15.4. The Balaban J connectivity index is 1.37. The number of anilines is 1. The minimum absolute atomic E-state index is 0.0768. The van der Waals surface area contributed by atoms with Gasteiger partial charge in [0.2, 0.25) is 5.13 Å². The molecule has 1 N–H and O–H groups in total. The van der Waals surface area contributed by atoms with E-state index in [1.807, 2.05) is 24.3 Å². The lowest BCUT2D eigenvalue weighted by Crippen LogP contribution is -2.29. The fourth-order valence-electron chi connectivity index (χ4n) is 4.68. The summed E-state index contributed by atoms with van der Waals surface area (Å²) >= 11 is 8.64. The molecule has 1 saturated heterocycles. The number of hydrogen-bond donors (Lipinski definition) is 1. The molecule has 3 heterocycles. The Labute approximate surface area is 260 Å². The Morgan fingerprint density at radius 1 is 1.07 bits per heavy atom. The molecule has 2 aliphatic rings. The SMILES string of the molecule is C=CCOc1ccc(C2/C(=C(\O)c3ccc4c(c3)OCCO4)C(=O)C(=O)N2c2nnc(SCc3ccc(Cl)cc3)s2)cc1. The molecule has 0 saturated carbocycles. The number of aliphatic hydroxyl groups is 1. The number of ether oxygens (including phenoxy) is 3. The van der Waals surface area contributed by atoms with E-state index in [-0.39, 0.29) is 16.5 Å². The minimum Gasteiger partial charge on any atom is -0.507 e. The molecule has 0 bridgehead atoms. The number of aromatic nitrogens is 2. The Kier molecular flexibility index (Phi) is 8.37. The highest BCUT2D eigenvalue weighted by molar-refractivity contribution is 8.00. The van der Waals surface area contributed by atoms with Crippen molar-refractivity contribution in [2.45, 2.75) is 16.1 Å². The van der Waals surface area contributed by atoms with Crippen LogP contribution in [-0.4, -0.2) is 46.8 Å². The molecular weight excluding hydrogens is 610 g/mol. The first-order chi connectivity index (χ1) is 20.9. The third kappa shape index (κ3) is 5.96. The molecule has 1 unspecified atom stereocenters.